The van der Waals surface area contributed by atoms with Crippen LogP contribution in [0.1, 0.15) is 78.3 Å². The average molecular weight is 690 g/mol. The molecule has 1 aliphatic carbocycles. The Hall–Kier alpha value is -4.43. The normalized spacial score (nSPS) is 27.1. The number of benzene rings is 1. The molecule has 3 heterocycles. The van der Waals surface area contributed by atoms with Crippen LogP contribution in [0.15, 0.2) is 36.4 Å². The summed E-state index contributed by atoms with van der Waals surface area (Å²) in [6, 6.07) is 3.66. The molecule has 0 unspecified atom stereocenters. The summed E-state index contributed by atoms with van der Waals surface area (Å²) < 4.78 is 59.0. The molecule has 1 aromatic carbocycles. The molecule has 5 atom stereocenters. The van der Waals surface area contributed by atoms with Gasteiger partial charge in [-0.3, -0.25) is 9.59 Å². The van der Waals surface area contributed by atoms with Gasteiger partial charge in [-0.1, -0.05) is 37.1 Å². The van der Waals surface area contributed by atoms with Crippen LogP contribution in [-0.2, 0) is 30.0 Å². The Morgan fingerprint density at radius 2 is 1.80 bits per heavy atom. The van der Waals surface area contributed by atoms with Crippen LogP contribution in [0.2, 0.25) is 0 Å². The summed E-state index contributed by atoms with van der Waals surface area (Å²) in [6.45, 7) is 6.47. The van der Waals surface area contributed by atoms with Crippen molar-refractivity contribution >= 4 is 34.9 Å². The number of ether oxygens (including phenoxy) is 3. The fourth-order valence-corrected chi connectivity index (χ4v) is 6.25. The first kappa shape index (κ1) is 35.9. The minimum absolute atomic E-state index is 0.0178. The molecule has 2 N–H and O–H groups in total. The van der Waals surface area contributed by atoms with E-state index in [0.29, 0.717) is 19.3 Å². The van der Waals surface area contributed by atoms with Crippen LogP contribution in [0.25, 0.3) is 11.0 Å². The molecule has 2 fully saturated rings. The van der Waals surface area contributed by atoms with Crippen LogP contribution in [0.4, 0.5) is 18.0 Å². The zero-order chi connectivity index (χ0) is 35.6. The lowest BCUT2D eigenvalue weighted by molar-refractivity contribution is -0.150. The lowest BCUT2D eigenvalue weighted by atomic mass is 10.0. The second-order valence-corrected chi connectivity index (χ2v) is 13.6. The molecule has 266 valence electrons. The summed E-state index contributed by atoms with van der Waals surface area (Å²) in [4.78, 5) is 63.3. The molecule has 3 amide bonds. The first-order valence-electron chi connectivity index (χ1n) is 16.6. The monoisotopic (exact) mass is 689 g/mol. The molecule has 1 aromatic heterocycles. The van der Waals surface area contributed by atoms with Crippen LogP contribution in [0.5, 0.6) is 5.88 Å². The van der Waals surface area contributed by atoms with Crippen molar-refractivity contribution in [2.75, 3.05) is 13.2 Å². The first-order valence-corrected chi connectivity index (χ1v) is 16.6. The van der Waals surface area contributed by atoms with E-state index in [9.17, 15) is 32.3 Å². The van der Waals surface area contributed by atoms with E-state index in [4.69, 9.17) is 14.2 Å². The number of hydrogen-bond donors (Lipinski definition) is 2. The largest absolute Gasteiger partial charge is 0.471 e. The Morgan fingerprint density at radius 1 is 1.08 bits per heavy atom. The van der Waals surface area contributed by atoms with E-state index in [-0.39, 0.29) is 42.9 Å². The van der Waals surface area contributed by atoms with Crippen molar-refractivity contribution in [1.29, 1.82) is 0 Å². The zero-order valence-electron chi connectivity index (χ0n) is 28.0. The molecule has 1 saturated heterocycles. The van der Waals surface area contributed by atoms with Gasteiger partial charge in [-0.05, 0) is 65.5 Å². The predicted molar refractivity (Wildman–Crippen MR) is 170 cm³/mol. The Labute approximate surface area is 282 Å². The van der Waals surface area contributed by atoms with Crippen molar-refractivity contribution in [3.8, 4) is 5.88 Å². The number of hydrogen-bond acceptors (Lipinski definition) is 9. The maximum Gasteiger partial charge on any atom is 0.438 e. The van der Waals surface area contributed by atoms with Gasteiger partial charge in [0.05, 0.1) is 24.2 Å². The van der Waals surface area contributed by atoms with Crippen molar-refractivity contribution in [1.82, 2.24) is 25.5 Å². The number of halogens is 3. The minimum Gasteiger partial charge on any atom is -0.471 e. The number of aromatic nitrogens is 2. The van der Waals surface area contributed by atoms with Crippen molar-refractivity contribution in [2.24, 2.45) is 5.92 Å². The number of rotatable bonds is 5. The topological polar surface area (TPSA) is 149 Å². The number of nitrogens with one attached hydrogen (secondary N) is 2. The fourth-order valence-electron chi connectivity index (χ4n) is 6.25. The number of fused-ring (bicyclic) bond motifs is 3. The van der Waals surface area contributed by atoms with Crippen molar-refractivity contribution in [3.05, 3.63) is 42.1 Å². The maximum atomic E-state index is 14.2. The Kier molecular flexibility index (Phi) is 10.4. The van der Waals surface area contributed by atoms with Crippen LogP contribution < -0.4 is 15.4 Å². The Morgan fingerprint density at radius 3 is 2.47 bits per heavy atom. The van der Waals surface area contributed by atoms with E-state index >= 15 is 0 Å². The predicted octanol–water partition coefficient (Wildman–Crippen LogP) is 4.85. The number of nitrogens with zero attached hydrogens (tertiary/aromatic N) is 3. The number of para-hydroxylation sites is 2. The summed E-state index contributed by atoms with van der Waals surface area (Å²) in [6.07, 6.45) is 0.0481. The van der Waals surface area contributed by atoms with Gasteiger partial charge in [-0.2, -0.15) is 13.2 Å². The molecule has 3 aliphatic rings. The van der Waals surface area contributed by atoms with E-state index in [1.54, 1.807) is 33.8 Å². The van der Waals surface area contributed by atoms with E-state index < -0.39 is 71.0 Å². The molecule has 49 heavy (non-hydrogen) atoms. The third kappa shape index (κ3) is 8.42. The second-order valence-electron chi connectivity index (χ2n) is 13.6. The summed E-state index contributed by atoms with van der Waals surface area (Å²) in [7, 11) is 0. The van der Waals surface area contributed by atoms with Crippen molar-refractivity contribution < 1.29 is 46.6 Å². The van der Waals surface area contributed by atoms with Crippen LogP contribution in [0, 0.1) is 5.92 Å². The number of amides is 3. The van der Waals surface area contributed by atoms with E-state index in [0.717, 1.165) is 12.8 Å². The molecule has 2 aliphatic heterocycles. The quantitative estimate of drug-likeness (QED) is 0.332. The number of esters is 1. The molecular formula is C34H42F3N5O7. The van der Waals surface area contributed by atoms with Gasteiger partial charge in [0.1, 0.15) is 29.3 Å². The van der Waals surface area contributed by atoms with Crippen molar-refractivity contribution in [2.45, 2.75) is 108 Å². The SMILES string of the molecule is CCOC(=O)[C@@]12C[C@H]1/C=C\CCCCC[C@H](NC(=O)OC(C)(C)C)C(=O)N1C[C@H](Oc3nc4ccccc4nc3C(F)(F)F)C[C@H]1C(=O)N2. The van der Waals surface area contributed by atoms with E-state index in [1.165, 1.54) is 23.1 Å². The Balaban J connectivity index is 1.49. The molecule has 1 saturated carbocycles. The van der Waals surface area contributed by atoms with Gasteiger partial charge in [-0.15, -0.1) is 0 Å². The fraction of sp³-hybridized carbons (Fsp3) is 0.588. The third-order valence-electron chi connectivity index (χ3n) is 8.66. The highest BCUT2D eigenvalue weighted by molar-refractivity contribution is 5.96. The maximum absolute atomic E-state index is 14.2. The second kappa shape index (κ2) is 14.2. The van der Waals surface area contributed by atoms with E-state index in [2.05, 4.69) is 20.6 Å². The van der Waals surface area contributed by atoms with Crippen LogP contribution in [0.3, 0.4) is 0 Å². The average Bonchev–Trinajstić information content (AvgIpc) is 3.54. The molecule has 15 heteroatoms. The van der Waals surface area contributed by atoms with Gasteiger partial charge in [0.25, 0.3) is 0 Å². The smallest absolute Gasteiger partial charge is 0.438 e. The van der Waals surface area contributed by atoms with Gasteiger partial charge in [-0.25, -0.2) is 19.6 Å². The van der Waals surface area contributed by atoms with Gasteiger partial charge in [0.2, 0.25) is 23.4 Å². The van der Waals surface area contributed by atoms with Gasteiger partial charge in [0.15, 0.2) is 0 Å². The van der Waals surface area contributed by atoms with Crippen LogP contribution in [-0.4, -0.2) is 81.2 Å². The highest BCUT2D eigenvalue weighted by atomic mass is 19.4. The molecule has 0 bridgehead atoms. The number of alkyl carbamates (subject to hydrolysis) is 1. The third-order valence-corrected chi connectivity index (χ3v) is 8.66. The standard InChI is InChI=1S/C34H42F3N5O7/c1-5-47-30(45)33-18-20(33)13-9-7-6-8-10-16-24(40-31(46)49-32(2,3)4)29(44)42-19-21(17-25(42)27(43)41-33)48-28-26(34(35,36)37)38-22-14-11-12-15-23(22)39-28/h9,11-15,20-21,24-25H,5-8,10,16-19H2,1-4H3,(H,40,46)(H,41,43)/b13-9-/t20-,21-,24+,25+,33-/m1/s1. The van der Waals surface area contributed by atoms with Gasteiger partial charge in [0, 0.05) is 12.3 Å². The van der Waals surface area contributed by atoms with Crippen molar-refractivity contribution in [3.63, 3.8) is 0 Å². The highest BCUT2D eigenvalue weighted by Crippen LogP contribution is 2.46. The van der Waals surface area contributed by atoms with E-state index in [1.807, 2.05) is 12.2 Å². The molecule has 2 aromatic rings. The number of allylic oxidation sites excluding steroid dienone is 1. The lowest BCUT2D eigenvalue weighted by Gasteiger charge is -2.30. The molecule has 5 rings (SSSR count). The number of alkyl halides is 3. The summed E-state index contributed by atoms with van der Waals surface area (Å²) in [5.74, 6) is -3.07. The molecule has 0 spiro atoms. The number of carbonyl (C=O) groups excluding carboxylic acids is 4. The van der Waals surface area contributed by atoms with Gasteiger partial charge < -0.3 is 29.7 Å². The zero-order valence-corrected chi connectivity index (χ0v) is 28.0. The molecular weight excluding hydrogens is 647 g/mol. The molecule has 12 nitrogen and oxygen atoms in total. The van der Waals surface area contributed by atoms with Crippen LogP contribution >= 0.6 is 0 Å². The Bertz CT molecular complexity index is 1610. The number of carbonyl (C=O) groups is 4. The summed E-state index contributed by atoms with van der Waals surface area (Å²) >= 11 is 0. The highest BCUT2D eigenvalue weighted by Gasteiger charge is 2.62. The molecule has 0 radical (unpaired) electrons. The van der Waals surface area contributed by atoms with Gasteiger partial charge >= 0.3 is 18.2 Å². The first-order chi connectivity index (χ1) is 23.1. The lowest BCUT2D eigenvalue weighted by Crippen LogP contribution is -2.56. The summed E-state index contributed by atoms with van der Waals surface area (Å²) in [5.41, 5.74) is -3.36. The summed E-state index contributed by atoms with van der Waals surface area (Å²) in [5, 5.41) is 5.44. The minimum atomic E-state index is -4.91.